The zero-order valence-electron chi connectivity index (χ0n) is 8.83. The molecule has 0 radical (unpaired) electrons. The highest BCUT2D eigenvalue weighted by atomic mass is 16.1. The molecule has 0 aromatic carbocycles. The van der Waals surface area contributed by atoms with Gasteiger partial charge in [-0.15, -0.1) is 0 Å². The predicted molar refractivity (Wildman–Crippen MR) is 60.1 cm³/mol. The van der Waals surface area contributed by atoms with E-state index in [9.17, 15) is 4.79 Å². The molecule has 1 aliphatic rings. The van der Waals surface area contributed by atoms with E-state index in [1.165, 1.54) is 19.3 Å². The average molecular weight is 190 g/mol. The summed E-state index contributed by atoms with van der Waals surface area (Å²) < 4.78 is 0. The third-order valence-corrected chi connectivity index (χ3v) is 2.33. The van der Waals surface area contributed by atoms with Crippen molar-refractivity contribution in [3.05, 3.63) is 36.0 Å². The number of ketones is 1. The Morgan fingerprint density at radius 2 is 2.29 bits per heavy atom. The largest absolute Gasteiger partial charge is 0.290 e. The van der Waals surface area contributed by atoms with Gasteiger partial charge in [-0.1, -0.05) is 44.1 Å². The summed E-state index contributed by atoms with van der Waals surface area (Å²) in [6.07, 6.45) is 15.4. The maximum atomic E-state index is 11.2. The van der Waals surface area contributed by atoms with Crippen molar-refractivity contribution >= 4 is 5.78 Å². The Labute approximate surface area is 86.2 Å². The molecule has 0 aromatic rings. The van der Waals surface area contributed by atoms with Gasteiger partial charge in [-0.05, 0) is 25.3 Å². The van der Waals surface area contributed by atoms with Crippen LogP contribution in [0.3, 0.4) is 0 Å². The van der Waals surface area contributed by atoms with E-state index in [4.69, 9.17) is 0 Å². The van der Waals surface area contributed by atoms with Crippen LogP contribution in [0.4, 0.5) is 0 Å². The van der Waals surface area contributed by atoms with E-state index in [-0.39, 0.29) is 5.78 Å². The smallest absolute Gasteiger partial charge is 0.181 e. The molecule has 1 rings (SSSR count). The van der Waals surface area contributed by atoms with E-state index in [0.29, 0.717) is 0 Å². The first-order valence-electron chi connectivity index (χ1n) is 5.41. The number of rotatable bonds is 5. The highest BCUT2D eigenvalue weighted by Gasteiger charge is 2.08. The van der Waals surface area contributed by atoms with Crippen LogP contribution in [0, 0.1) is 0 Å². The predicted octanol–water partition coefficient (Wildman–Crippen LogP) is 3.58. The van der Waals surface area contributed by atoms with Crippen LogP contribution in [0.25, 0.3) is 0 Å². The second-order valence-electron chi connectivity index (χ2n) is 3.59. The molecule has 0 saturated heterocycles. The van der Waals surface area contributed by atoms with Gasteiger partial charge in [-0.3, -0.25) is 4.79 Å². The average Bonchev–Trinajstić information content (AvgIpc) is 2.58. The number of hydrogen-bond acceptors (Lipinski definition) is 1. The molecule has 0 atom stereocenters. The maximum absolute atomic E-state index is 11.2. The number of carbonyl (C=O) groups excluding carboxylic acids is 1. The molecule has 0 aromatic heterocycles. The minimum atomic E-state index is 0.170. The molecule has 0 heterocycles. The van der Waals surface area contributed by atoms with E-state index in [0.717, 1.165) is 18.4 Å². The number of allylic oxidation sites excluding steroid dienone is 6. The first kappa shape index (κ1) is 11.0. The minimum Gasteiger partial charge on any atom is -0.290 e. The summed E-state index contributed by atoms with van der Waals surface area (Å²) in [6.45, 7) is 2.20. The molecule has 14 heavy (non-hydrogen) atoms. The summed E-state index contributed by atoms with van der Waals surface area (Å²) in [5.74, 6) is 0.170. The summed E-state index contributed by atoms with van der Waals surface area (Å²) in [5.41, 5.74) is 0.914. The highest BCUT2D eigenvalue weighted by Crippen LogP contribution is 2.12. The Balaban J connectivity index is 2.22. The minimum absolute atomic E-state index is 0.170. The van der Waals surface area contributed by atoms with Crippen LogP contribution in [-0.2, 0) is 4.79 Å². The lowest BCUT2D eigenvalue weighted by Gasteiger charge is -1.91. The van der Waals surface area contributed by atoms with Gasteiger partial charge in [0.2, 0.25) is 0 Å². The van der Waals surface area contributed by atoms with E-state index in [1.807, 2.05) is 18.2 Å². The Hall–Kier alpha value is -1.11. The fourth-order valence-electron chi connectivity index (χ4n) is 1.44. The third-order valence-electron chi connectivity index (χ3n) is 2.33. The van der Waals surface area contributed by atoms with Gasteiger partial charge in [0, 0.05) is 5.57 Å². The van der Waals surface area contributed by atoms with Crippen LogP contribution in [-0.4, -0.2) is 5.78 Å². The summed E-state index contributed by atoms with van der Waals surface area (Å²) in [6, 6.07) is 0. The molecule has 76 valence electrons. The van der Waals surface area contributed by atoms with Crippen LogP contribution in [0.15, 0.2) is 36.0 Å². The molecule has 0 bridgehead atoms. The summed E-state index contributed by atoms with van der Waals surface area (Å²) in [4.78, 5) is 11.2. The van der Waals surface area contributed by atoms with Gasteiger partial charge in [0.05, 0.1) is 0 Å². The van der Waals surface area contributed by atoms with Crippen molar-refractivity contribution in [3.63, 3.8) is 0 Å². The van der Waals surface area contributed by atoms with E-state index >= 15 is 0 Å². The lowest BCUT2D eigenvalue weighted by Crippen LogP contribution is -1.89. The molecule has 0 aliphatic heterocycles. The van der Waals surface area contributed by atoms with Gasteiger partial charge >= 0.3 is 0 Å². The van der Waals surface area contributed by atoms with Crippen LogP contribution in [0.5, 0.6) is 0 Å². The Morgan fingerprint density at radius 1 is 1.43 bits per heavy atom. The molecule has 1 heteroatoms. The topological polar surface area (TPSA) is 17.1 Å². The van der Waals surface area contributed by atoms with Crippen LogP contribution < -0.4 is 0 Å². The number of unbranched alkanes of at least 4 members (excludes halogenated alkanes) is 3. The Morgan fingerprint density at radius 3 is 2.93 bits per heavy atom. The standard InChI is InChI=1S/C13H18O/c1-2-3-4-5-6-7-9-12-10-8-11-13(12)14/h6-9,11H,2-5,10H2,1H3/b7-6+,12-9+. The van der Waals surface area contributed by atoms with Crippen molar-refractivity contribution in [1.29, 1.82) is 0 Å². The van der Waals surface area contributed by atoms with Gasteiger partial charge in [-0.25, -0.2) is 0 Å². The molecule has 1 nitrogen and oxygen atoms in total. The van der Waals surface area contributed by atoms with Gasteiger partial charge in [-0.2, -0.15) is 0 Å². The molecular weight excluding hydrogens is 172 g/mol. The van der Waals surface area contributed by atoms with Crippen molar-refractivity contribution in [2.24, 2.45) is 0 Å². The molecule has 1 aliphatic carbocycles. The summed E-state index contributed by atoms with van der Waals surface area (Å²) >= 11 is 0. The van der Waals surface area contributed by atoms with E-state index < -0.39 is 0 Å². The normalized spacial score (nSPS) is 18.9. The Kier molecular flexibility index (Phi) is 4.98. The fraction of sp³-hybridized carbons (Fsp3) is 0.462. The molecule has 0 saturated carbocycles. The van der Waals surface area contributed by atoms with Gasteiger partial charge in [0.15, 0.2) is 5.78 Å². The first-order valence-corrected chi connectivity index (χ1v) is 5.41. The number of carbonyl (C=O) groups is 1. The van der Waals surface area contributed by atoms with Crippen molar-refractivity contribution in [2.45, 2.75) is 39.0 Å². The molecule has 0 fully saturated rings. The molecular formula is C13H18O. The second kappa shape index (κ2) is 6.36. The highest BCUT2D eigenvalue weighted by molar-refractivity contribution is 6.06. The van der Waals surface area contributed by atoms with Crippen molar-refractivity contribution < 1.29 is 4.79 Å². The van der Waals surface area contributed by atoms with Crippen molar-refractivity contribution in [1.82, 2.24) is 0 Å². The lowest BCUT2D eigenvalue weighted by molar-refractivity contribution is -0.111. The molecule has 0 amide bonds. The quantitative estimate of drug-likeness (QED) is 0.478. The third kappa shape index (κ3) is 3.73. The zero-order chi connectivity index (χ0) is 10.2. The van der Waals surface area contributed by atoms with Crippen LogP contribution in [0.1, 0.15) is 39.0 Å². The lowest BCUT2D eigenvalue weighted by atomic mass is 10.1. The monoisotopic (exact) mass is 190 g/mol. The van der Waals surface area contributed by atoms with Crippen molar-refractivity contribution in [3.8, 4) is 0 Å². The van der Waals surface area contributed by atoms with E-state index in [1.54, 1.807) is 6.08 Å². The molecule has 0 N–H and O–H groups in total. The molecule has 0 unspecified atom stereocenters. The number of hydrogen-bond donors (Lipinski definition) is 0. The van der Waals surface area contributed by atoms with Crippen LogP contribution in [0.2, 0.25) is 0 Å². The summed E-state index contributed by atoms with van der Waals surface area (Å²) in [7, 11) is 0. The van der Waals surface area contributed by atoms with Crippen molar-refractivity contribution in [2.75, 3.05) is 0 Å². The van der Waals surface area contributed by atoms with E-state index in [2.05, 4.69) is 13.0 Å². The first-order chi connectivity index (χ1) is 6.84. The zero-order valence-corrected chi connectivity index (χ0v) is 8.83. The van der Waals surface area contributed by atoms with Gasteiger partial charge < -0.3 is 0 Å². The summed E-state index contributed by atoms with van der Waals surface area (Å²) in [5, 5.41) is 0. The second-order valence-corrected chi connectivity index (χ2v) is 3.59. The van der Waals surface area contributed by atoms with Gasteiger partial charge in [0.1, 0.15) is 0 Å². The Bertz CT molecular complexity index is 269. The molecule has 0 spiro atoms. The van der Waals surface area contributed by atoms with Crippen LogP contribution >= 0.6 is 0 Å². The maximum Gasteiger partial charge on any atom is 0.181 e. The fourth-order valence-corrected chi connectivity index (χ4v) is 1.44. The SMILES string of the molecule is CCCCC/C=C/C=C1\CC=CC1=O. The van der Waals surface area contributed by atoms with Gasteiger partial charge in [0.25, 0.3) is 0 Å².